The lowest BCUT2D eigenvalue weighted by Gasteiger charge is -2.10. The Morgan fingerprint density at radius 2 is 2.19 bits per heavy atom. The molecule has 0 saturated carbocycles. The van der Waals surface area contributed by atoms with Crippen LogP contribution in [0.15, 0.2) is 18.2 Å². The molecule has 1 aromatic rings. The number of rotatable bonds is 6. The van der Waals surface area contributed by atoms with E-state index in [0.717, 1.165) is 19.3 Å². The Morgan fingerprint density at radius 3 is 2.81 bits per heavy atom. The van der Waals surface area contributed by atoms with E-state index in [1.807, 2.05) is 0 Å². The Morgan fingerprint density at radius 1 is 1.44 bits per heavy atom. The van der Waals surface area contributed by atoms with E-state index in [9.17, 15) is 0 Å². The SMILES string of the molecule is CCCCCOc1ccc(Cl)cc1C(=N)N. The molecule has 4 heteroatoms. The molecule has 0 saturated heterocycles. The quantitative estimate of drug-likeness (QED) is 0.456. The summed E-state index contributed by atoms with van der Waals surface area (Å²) in [4.78, 5) is 0. The summed E-state index contributed by atoms with van der Waals surface area (Å²) in [7, 11) is 0. The van der Waals surface area contributed by atoms with E-state index < -0.39 is 0 Å². The molecule has 1 rings (SSSR count). The van der Waals surface area contributed by atoms with Gasteiger partial charge in [-0.2, -0.15) is 0 Å². The molecular formula is C12H17ClN2O. The van der Waals surface area contributed by atoms with E-state index in [1.165, 1.54) is 0 Å². The van der Waals surface area contributed by atoms with Crippen molar-refractivity contribution >= 4 is 17.4 Å². The summed E-state index contributed by atoms with van der Waals surface area (Å²) in [5, 5.41) is 7.99. The fourth-order valence-corrected chi connectivity index (χ4v) is 1.54. The number of nitrogens with two attached hydrogens (primary N) is 1. The first-order chi connectivity index (χ1) is 7.65. The number of ether oxygens (including phenoxy) is 1. The van der Waals surface area contributed by atoms with Crippen molar-refractivity contribution in [3.8, 4) is 5.75 Å². The van der Waals surface area contributed by atoms with Crippen LogP contribution in [-0.2, 0) is 0 Å². The number of amidine groups is 1. The maximum Gasteiger partial charge on any atom is 0.130 e. The van der Waals surface area contributed by atoms with Crippen molar-refractivity contribution in [2.24, 2.45) is 5.73 Å². The largest absolute Gasteiger partial charge is 0.493 e. The number of unbranched alkanes of at least 4 members (excludes halogenated alkanes) is 2. The Kier molecular flexibility index (Phi) is 5.12. The lowest BCUT2D eigenvalue weighted by Crippen LogP contribution is -2.13. The highest BCUT2D eigenvalue weighted by atomic mass is 35.5. The van der Waals surface area contributed by atoms with Crippen LogP contribution in [0.25, 0.3) is 0 Å². The summed E-state index contributed by atoms with van der Waals surface area (Å²) in [5.41, 5.74) is 6.02. The normalized spacial score (nSPS) is 10.1. The molecule has 0 heterocycles. The van der Waals surface area contributed by atoms with Crippen LogP contribution < -0.4 is 10.5 Å². The highest BCUT2D eigenvalue weighted by Crippen LogP contribution is 2.22. The first-order valence-electron chi connectivity index (χ1n) is 5.42. The third-order valence-corrected chi connectivity index (χ3v) is 2.47. The predicted molar refractivity (Wildman–Crippen MR) is 67.5 cm³/mol. The van der Waals surface area contributed by atoms with Crippen LogP contribution in [0, 0.1) is 5.41 Å². The summed E-state index contributed by atoms with van der Waals surface area (Å²) in [6.07, 6.45) is 3.31. The molecule has 88 valence electrons. The van der Waals surface area contributed by atoms with Crippen molar-refractivity contribution in [2.75, 3.05) is 6.61 Å². The minimum absolute atomic E-state index is 0.0204. The van der Waals surface area contributed by atoms with Crippen molar-refractivity contribution in [3.05, 3.63) is 28.8 Å². The molecule has 0 unspecified atom stereocenters. The maximum atomic E-state index is 7.43. The molecule has 0 aliphatic rings. The summed E-state index contributed by atoms with van der Waals surface area (Å²) in [6, 6.07) is 5.15. The van der Waals surface area contributed by atoms with Crippen LogP contribution in [0.3, 0.4) is 0 Å². The number of benzene rings is 1. The summed E-state index contributed by atoms with van der Waals surface area (Å²) in [5.74, 6) is 0.612. The second kappa shape index (κ2) is 6.38. The second-order valence-electron chi connectivity index (χ2n) is 3.61. The Labute approximate surface area is 101 Å². The zero-order chi connectivity index (χ0) is 12.0. The summed E-state index contributed by atoms with van der Waals surface area (Å²) < 4.78 is 5.58. The van der Waals surface area contributed by atoms with Gasteiger partial charge in [0.05, 0.1) is 12.2 Å². The van der Waals surface area contributed by atoms with Gasteiger partial charge < -0.3 is 10.5 Å². The molecule has 1 aromatic carbocycles. The minimum atomic E-state index is -0.0204. The third kappa shape index (κ3) is 3.74. The first-order valence-corrected chi connectivity index (χ1v) is 5.79. The summed E-state index contributed by atoms with van der Waals surface area (Å²) in [6.45, 7) is 2.79. The molecule has 0 aliphatic heterocycles. The topological polar surface area (TPSA) is 59.1 Å². The Bertz CT molecular complexity index is 366. The van der Waals surface area contributed by atoms with Crippen molar-refractivity contribution in [2.45, 2.75) is 26.2 Å². The molecule has 0 spiro atoms. The molecule has 0 aromatic heterocycles. The van der Waals surface area contributed by atoms with Crippen LogP contribution >= 0.6 is 11.6 Å². The smallest absolute Gasteiger partial charge is 0.130 e. The molecule has 0 radical (unpaired) electrons. The lowest BCUT2D eigenvalue weighted by molar-refractivity contribution is 0.305. The lowest BCUT2D eigenvalue weighted by atomic mass is 10.2. The van der Waals surface area contributed by atoms with Gasteiger partial charge in [-0.05, 0) is 24.6 Å². The van der Waals surface area contributed by atoms with Gasteiger partial charge in [0.15, 0.2) is 0 Å². The highest BCUT2D eigenvalue weighted by molar-refractivity contribution is 6.31. The van der Waals surface area contributed by atoms with Gasteiger partial charge in [-0.3, -0.25) is 5.41 Å². The minimum Gasteiger partial charge on any atom is -0.493 e. The van der Waals surface area contributed by atoms with Crippen molar-refractivity contribution in [3.63, 3.8) is 0 Å². The van der Waals surface area contributed by atoms with Gasteiger partial charge in [0, 0.05) is 5.02 Å². The second-order valence-corrected chi connectivity index (χ2v) is 4.05. The van der Waals surface area contributed by atoms with Gasteiger partial charge in [0.25, 0.3) is 0 Å². The van der Waals surface area contributed by atoms with Gasteiger partial charge in [-0.25, -0.2) is 0 Å². The average Bonchev–Trinajstić information content (AvgIpc) is 2.26. The molecule has 0 atom stereocenters. The highest BCUT2D eigenvalue weighted by Gasteiger charge is 2.07. The fraction of sp³-hybridized carbons (Fsp3) is 0.417. The molecule has 3 nitrogen and oxygen atoms in total. The van der Waals surface area contributed by atoms with Gasteiger partial charge in [-0.1, -0.05) is 31.4 Å². The van der Waals surface area contributed by atoms with Crippen molar-refractivity contribution < 1.29 is 4.74 Å². The Balaban J connectivity index is 2.67. The molecular weight excluding hydrogens is 224 g/mol. The zero-order valence-electron chi connectivity index (χ0n) is 9.42. The number of hydrogen-bond acceptors (Lipinski definition) is 2. The average molecular weight is 241 g/mol. The number of hydrogen-bond donors (Lipinski definition) is 2. The van der Waals surface area contributed by atoms with E-state index in [2.05, 4.69) is 6.92 Å². The van der Waals surface area contributed by atoms with Gasteiger partial charge in [-0.15, -0.1) is 0 Å². The monoisotopic (exact) mass is 240 g/mol. The predicted octanol–water partition coefficient (Wildman–Crippen LogP) is 3.19. The van der Waals surface area contributed by atoms with Crippen LogP contribution in [0.1, 0.15) is 31.7 Å². The van der Waals surface area contributed by atoms with Crippen LogP contribution in [0.5, 0.6) is 5.75 Å². The number of halogens is 1. The van der Waals surface area contributed by atoms with Crippen LogP contribution in [0.2, 0.25) is 5.02 Å². The fourth-order valence-electron chi connectivity index (χ4n) is 1.37. The molecule has 0 aliphatic carbocycles. The molecule has 0 amide bonds. The van der Waals surface area contributed by atoms with Crippen molar-refractivity contribution in [1.29, 1.82) is 5.41 Å². The third-order valence-electron chi connectivity index (χ3n) is 2.24. The standard InChI is InChI=1S/C12H17ClN2O/c1-2-3-4-7-16-11-6-5-9(13)8-10(11)12(14)15/h5-6,8H,2-4,7H2,1H3,(H3,14,15). The van der Waals surface area contributed by atoms with Gasteiger partial charge in [0.2, 0.25) is 0 Å². The van der Waals surface area contributed by atoms with Crippen LogP contribution in [-0.4, -0.2) is 12.4 Å². The van der Waals surface area contributed by atoms with E-state index >= 15 is 0 Å². The summed E-state index contributed by atoms with van der Waals surface area (Å²) >= 11 is 5.84. The van der Waals surface area contributed by atoms with Gasteiger partial charge in [0.1, 0.15) is 11.6 Å². The molecule has 16 heavy (non-hydrogen) atoms. The van der Waals surface area contributed by atoms with Crippen molar-refractivity contribution in [1.82, 2.24) is 0 Å². The zero-order valence-corrected chi connectivity index (χ0v) is 10.2. The molecule has 0 bridgehead atoms. The van der Waals surface area contributed by atoms with Gasteiger partial charge >= 0.3 is 0 Å². The van der Waals surface area contributed by atoms with E-state index in [4.69, 9.17) is 27.5 Å². The molecule has 0 fully saturated rings. The molecule has 3 N–H and O–H groups in total. The van der Waals surface area contributed by atoms with E-state index in [-0.39, 0.29) is 5.84 Å². The van der Waals surface area contributed by atoms with Crippen LogP contribution in [0.4, 0.5) is 0 Å². The first kappa shape index (κ1) is 12.8. The van der Waals surface area contributed by atoms with E-state index in [0.29, 0.717) is 22.9 Å². The number of nitrogens with one attached hydrogen (secondary N) is 1. The Hall–Kier alpha value is -1.22. The van der Waals surface area contributed by atoms with E-state index in [1.54, 1.807) is 18.2 Å². The maximum absolute atomic E-state index is 7.43. The number of nitrogen functional groups attached to an aromatic ring is 1.